The summed E-state index contributed by atoms with van der Waals surface area (Å²) in [5.41, 5.74) is 12.2. The van der Waals surface area contributed by atoms with Crippen molar-refractivity contribution in [3.63, 3.8) is 0 Å². The highest BCUT2D eigenvalue weighted by Gasteiger charge is 2.49. The van der Waals surface area contributed by atoms with Crippen molar-refractivity contribution in [2.75, 3.05) is 42.3 Å². The molecule has 1 atom stereocenters. The zero-order valence-electron chi connectivity index (χ0n) is 19.5. The minimum Gasteiger partial charge on any atom is -0.399 e. The van der Waals surface area contributed by atoms with Gasteiger partial charge in [0.1, 0.15) is 11.6 Å². The molecule has 2 aromatic carbocycles. The number of nitrogen functional groups attached to an aromatic ring is 1. The lowest BCUT2D eigenvalue weighted by atomic mass is 9.77. The summed E-state index contributed by atoms with van der Waals surface area (Å²) in [6.07, 6.45) is 0.649. The van der Waals surface area contributed by atoms with Crippen LogP contribution in [0.3, 0.4) is 0 Å². The molecule has 3 N–H and O–H groups in total. The van der Waals surface area contributed by atoms with Crippen LogP contribution in [-0.2, 0) is 17.6 Å². The molecular formula is C26H29F2N5O. The number of hydrogen-bond acceptors (Lipinski definition) is 6. The maximum absolute atomic E-state index is 13.3. The maximum atomic E-state index is 13.3. The fourth-order valence-electron chi connectivity index (χ4n) is 5.73. The molecule has 0 amide bonds. The van der Waals surface area contributed by atoms with Crippen LogP contribution in [-0.4, -0.2) is 36.3 Å². The molecule has 178 valence electrons. The third kappa shape index (κ3) is 3.47. The number of halogens is 2. The monoisotopic (exact) mass is 465 g/mol. The van der Waals surface area contributed by atoms with E-state index in [4.69, 9.17) is 20.4 Å². The molecule has 2 aliphatic heterocycles. The first-order valence-corrected chi connectivity index (χ1v) is 11.9. The molecule has 6 nitrogen and oxygen atoms in total. The van der Waals surface area contributed by atoms with Crippen LogP contribution in [0.2, 0.25) is 0 Å². The number of nitrogens with one attached hydrogen (secondary N) is 1. The van der Waals surface area contributed by atoms with Crippen molar-refractivity contribution < 1.29 is 13.5 Å². The van der Waals surface area contributed by atoms with Gasteiger partial charge < -0.3 is 20.7 Å². The Balaban J connectivity index is 1.40. The number of nitrogens with two attached hydrogens (primary N) is 1. The molecule has 0 saturated carbocycles. The Labute approximate surface area is 197 Å². The number of nitrogens with zero attached hydrogens (tertiary/aromatic N) is 3. The predicted octanol–water partition coefficient (Wildman–Crippen LogP) is 4.96. The van der Waals surface area contributed by atoms with Crippen molar-refractivity contribution in [1.82, 2.24) is 9.97 Å². The first kappa shape index (κ1) is 21.5. The molecule has 6 rings (SSSR count). The Morgan fingerprint density at radius 1 is 1.06 bits per heavy atom. The summed E-state index contributed by atoms with van der Waals surface area (Å²) in [5.74, 6) is 1.42. The van der Waals surface area contributed by atoms with Crippen LogP contribution in [0.15, 0.2) is 24.3 Å². The lowest BCUT2D eigenvalue weighted by Gasteiger charge is -2.56. The summed E-state index contributed by atoms with van der Waals surface area (Å²) < 4.78 is 32.1. The average Bonchev–Trinajstić information content (AvgIpc) is 3.22. The number of fused-ring (bicyclic) bond motifs is 3. The molecule has 3 aliphatic rings. The fourth-order valence-corrected chi connectivity index (χ4v) is 5.73. The highest BCUT2D eigenvalue weighted by molar-refractivity contribution is 5.96. The van der Waals surface area contributed by atoms with E-state index >= 15 is 0 Å². The van der Waals surface area contributed by atoms with Crippen molar-refractivity contribution in [1.29, 1.82) is 0 Å². The zero-order valence-corrected chi connectivity index (χ0v) is 19.5. The van der Waals surface area contributed by atoms with Crippen LogP contribution >= 0.6 is 0 Å². The minimum absolute atomic E-state index is 0.0702. The van der Waals surface area contributed by atoms with E-state index in [-0.39, 0.29) is 11.6 Å². The van der Waals surface area contributed by atoms with Gasteiger partial charge in [0.25, 0.3) is 6.43 Å². The van der Waals surface area contributed by atoms with Crippen LogP contribution in [0.4, 0.5) is 26.0 Å². The van der Waals surface area contributed by atoms with Crippen LogP contribution in [0, 0.1) is 12.3 Å². The summed E-state index contributed by atoms with van der Waals surface area (Å²) in [6.45, 7) is 7.60. The third-order valence-corrected chi connectivity index (χ3v) is 7.47. The highest BCUT2D eigenvalue weighted by Crippen LogP contribution is 2.46. The molecule has 0 bridgehead atoms. The third-order valence-electron chi connectivity index (χ3n) is 7.47. The summed E-state index contributed by atoms with van der Waals surface area (Å²) in [5, 5.41) is 4.46. The van der Waals surface area contributed by atoms with Gasteiger partial charge in [-0.25, -0.2) is 18.7 Å². The normalized spacial score (nSPS) is 19.3. The van der Waals surface area contributed by atoms with Crippen LogP contribution < -0.4 is 16.0 Å². The predicted molar refractivity (Wildman–Crippen MR) is 130 cm³/mol. The number of hydrogen-bond donors (Lipinski definition) is 2. The van der Waals surface area contributed by atoms with Gasteiger partial charge in [-0.05, 0) is 74.1 Å². The van der Waals surface area contributed by atoms with Gasteiger partial charge in [-0.2, -0.15) is 0 Å². The molecule has 1 spiro atoms. The first-order valence-electron chi connectivity index (χ1n) is 11.9. The van der Waals surface area contributed by atoms with E-state index in [1.165, 1.54) is 28.9 Å². The Bertz CT molecular complexity index is 1280. The van der Waals surface area contributed by atoms with E-state index in [0.717, 1.165) is 62.3 Å². The fraction of sp³-hybridized carbons (Fsp3) is 0.462. The van der Waals surface area contributed by atoms with Gasteiger partial charge in [0.15, 0.2) is 0 Å². The van der Waals surface area contributed by atoms with Crippen molar-refractivity contribution in [3.8, 4) is 0 Å². The maximum Gasteiger partial charge on any atom is 0.263 e. The van der Waals surface area contributed by atoms with Crippen LogP contribution in [0.25, 0.3) is 10.9 Å². The van der Waals surface area contributed by atoms with Crippen molar-refractivity contribution >= 4 is 28.1 Å². The van der Waals surface area contributed by atoms with E-state index < -0.39 is 6.43 Å². The number of anilines is 3. The average molecular weight is 466 g/mol. The number of alkyl halides is 2. The van der Waals surface area contributed by atoms with Gasteiger partial charge in [0.2, 0.25) is 0 Å². The lowest BCUT2D eigenvalue weighted by molar-refractivity contribution is -0.127. The van der Waals surface area contributed by atoms with Crippen LogP contribution in [0.1, 0.15) is 53.9 Å². The number of ether oxygens (including phenoxy) is 1. The van der Waals surface area contributed by atoms with E-state index in [1.54, 1.807) is 6.07 Å². The van der Waals surface area contributed by atoms with Crippen molar-refractivity contribution in [2.24, 2.45) is 5.41 Å². The van der Waals surface area contributed by atoms with Gasteiger partial charge in [0, 0.05) is 35.4 Å². The SMILES string of the molecule is Cc1nc(NC(C)c2cc(N)cc(C(F)F)c2)c2cc(N3CC4(COC4)C3)c3c(c2n1)CCC3. The molecule has 0 radical (unpaired) electrons. The Morgan fingerprint density at radius 3 is 2.50 bits per heavy atom. The van der Waals surface area contributed by atoms with E-state index in [2.05, 4.69) is 16.3 Å². The molecule has 3 aromatic rings. The number of aromatic nitrogens is 2. The van der Waals surface area contributed by atoms with E-state index in [0.29, 0.717) is 22.5 Å². The smallest absolute Gasteiger partial charge is 0.263 e. The quantitative estimate of drug-likeness (QED) is 0.519. The van der Waals surface area contributed by atoms with E-state index in [1.807, 2.05) is 13.8 Å². The highest BCUT2D eigenvalue weighted by atomic mass is 19.3. The molecule has 2 saturated heterocycles. The van der Waals surface area contributed by atoms with Gasteiger partial charge in [-0.15, -0.1) is 0 Å². The summed E-state index contributed by atoms with van der Waals surface area (Å²) in [4.78, 5) is 12.0. The van der Waals surface area contributed by atoms with Gasteiger partial charge >= 0.3 is 0 Å². The number of rotatable bonds is 5. The number of aryl methyl sites for hydroxylation is 2. The van der Waals surface area contributed by atoms with Gasteiger partial charge in [0.05, 0.1) is 30.2 Å². The molecule has 34 heavy (non-hydrogen) atoms. The molecule has 1 aliphatic carbocycles. The molecule has 1 unspecified atom stereocenters. The first-order chi connectivity index (χ1) is 16.3. The van der Waals surface area contributed by atoms with Crippen molar-refractivity contribution in [3.05, 3.63) is 52.3 Å². The molecule has 3 heterocycles. The molecular weight excluding hydrogens is 436 g/mol. The molecule has 8 heteroatoms. The second kappa shape index (κ2) is 7.77. The Morgan fingerprint density at radius 2 is 1.79 bits per heavy atom. The Hall–Kier alpha value is -3.00. The largest absolute Gasteiger partial charge is 0.399 e. The number of benzene rings is 2. The Kier molecular flexibility index (Phi) is 4.92. The standard InChI is InChI=1S/C26H29F2N5O/c1-14(16-6-17(24(27)28)8-18(29)7-16)30-25-21-9-22(33-10-26(11-33)12-34-13-26)19-4-3-5-20(19)23(21)31-15(2)32-25/h6-9,14,24H,3-5,10-13,29H2,1-2H3,(H,30,31,32). The van der Waals surface area contributed by atoms with Crippen molar-refractivity contribution in [2.45, 2.75) is 45.6 Å². The topological polar surface area (TPSA) is 76.3 Å². The minimum atomic E-state index is -2.57. The zero-order chi connectivity index (χ0) is 23.6. The van der Waals surface area contributed by atoms with Gasteiger partial charge in [-0.3, -0.25) is 0 Å². The summed E-state index contributed by atoms with van der Waals surface area (Å²) in [7, 11) is 0. The second-order valence-electron chi connectivity index (χ2n) is 10.2. The van der Waals surface area contributed by atoms with Gasteiger partial charge in [-0.1, -0.05) is 0 Å². The van der Waals surface area contributed by atoms with Crippen LogP contribution in [0.5, 0.6) is 0 Å². The lowest BCUT2D eigenvalue weighted by Crippen LogP contribution is -2.66. The second-order valence-corrected chi connectivity index (χ2v) is 10.2. The summed E-state index contributed by atoms with van der Waals surface area (Å²) >= 11 is 0. The summed E-state index contributed by atoms with van der Waals surface area (Å²) in [6, 6.07) is 6.55. The molecule has 1 aromatic heterocycles. The molecule has 2 fully saturated rings. The van der Waals surface area contributed by atoms with E-state index in [9.17, 15) is 8.78 Å².